The molecule has 5 heteroatoms. The summed E-state index contributed by atoms with van der Waals surface area (Å²) in [5, 5.41) is 13.4. The van der Waals surface area contributed by atoms with Crippen molar-refractivity contribution in [2.75, 3.05) is 0 Å². The lowest BCUT2D eigenvalue weighted by Crippen LogP contribution is -2.06. The van der Waals surface area contributed by atoms with Gasteiger partial charge in [-0.25, -0.2) is 9.48 Å². The minimum atomic E-state index is -0.992. The molecule has 1 aromatic carbocycles. The third kappa shape index (κ3) is 2.39. The summed E-state index contributed by atoms with van der Waals surface area (Å²) in [6.45, 7) is 7.97. The van der Waals surface area contributed by atoms with Crippen molar-refractivity contribution < 1.29 is 9.90 Å². The SMILES string of the molecule is Cc1cc(C)c(-n2nc(C(=O)O)c(I)c2C)c(C)c1. The predicted octanol–water partition coefficient (Wildman–Crippen LogP) is 3.41. The fraction of sp³-hybridized carbons (Fsp3) is 0.286. The molecule has 0 bridgehead atoms. The summed E-state index contributed by atoms with van der Waals surface area (Å²) in [7, 11) is 0. The van der Waals surface area contributed by atoms with E-state index >= 15 is 0 Å². The molecule has 0 unspecified atom stereocenters. The molecule has 4 nitrogen and oxygen atoms in total. The van der Waals surface area contributed by atoms with Crippen molar-refractivity contribution in [1.29, 1.82) is 0 Å². The van der Waals surface area contributed by atoms with Crippen LogP contribution in [0.2, 0.25) is 0 Å². The van der Waals surface area contributed by atoms with Gasteiger partial charge in [-0.15, -0.1) is 0 Å². The Balaban J connectivity index is 2.73. The van der Waals surface area contributed by atoms with Crippen molar-refractivity contribution in [2.45, 2.75) is 27.7 Å². The number of hydrogen-bond donors (Lipinski definition) is 1. The van der Waals surface area contributed by atoms with Gasteiger partial charge < -0.3 is 5.11 Å². The molecule has 0 aliphatic rings. The molecule has 1 N–H and O–H groups in total. The first-order valence-electron chi connectivity index (χ1n) is 5.89. The van der Waals surface area contributed by atoms with Crippen LogP contribution in [-0.4, -0.2) is 20.9 Å². The van der Waals surface area contributed by atoms with E-state index in [1.165, 1.54) is 5.56 Å². The van der Waals surface area contributed by atoms with Crippen molar-refractivity contribution in [3.63, 3.8) is 0 Å². The van der Waals surface area contributed by atoms with E-state index in [4.69, 9.17) is 5.11 Å². The van der Waals surface area contributed by atoms with Crippen LogP contribution >= 0.6 is 22.6 Å². The standard InChI is InChI=1S/C14H15IN2O2/c1-7-5-8(2)13(9(3)6-7)17-10(4)11(15)12(16-17)14(18)19/h5-6H,1-4H3,(H,18,19). The molecule has 0 radical (unpaired) electrons. The van der Waals surface area contributed by atoms with E-state index < -0.39 is 5.97 Å². The van der Waals surface area contributed by atoms with Crippen molar-refractivity contribution in [3.8, 4) is 5.69 Å². The van der Waals surface area contributed by atoms with Crippen molar-refractivity contribution in [2.24, 2.45) is 0 Å². The summed E-state index contributed by atoms with van der Waals surface area (Å²) in [4.78, 5) is 11.2. The molecule has 0 fully saturated rings. The van der Waals surface area contributed by atoms with Gasteiger partial charge in [-0.1, -0.05) is 17.7 Å². The second-order valence-electron chi connectivity index (χ2n) is 4.71. The van der Waals surface area contributed by atoms with Gasteiger partial charge in [0.15, 0.2) is 5.69 Å². The van der Waals surface area contributed by atoms with E-state index in [0.29, 0.717) is 3.57 Å². The summed E-state index contributed by atoms with van der Waals surface area (Å²) >= 11 is 2.03. The molecule has 1 heterocycles. The van der Waals surface area contributed by atoms with Gasteiger partial charge in [0, 0.05) is 0 Å². The van der Waals surface area contributed by atoms with Crippen LogP contribution < -0.4 is 0 Å². The van der Waals surface area contributed by atoms with Crippen molar-refractivity contribution in [1.82, 2.24) is 9.78 Å². The molecule has 0 amide bonds. The summed E-state index contributed by atoms with van der Waals surface area (Å²) in [6, 6.07) is 4.16. The molecule has 0 spiro atoms. The number of rotatable bonds is 2. The zero-order valence-corrected chi connectivity index (χ0v) is 13.4. The topological polar surface area (TPSA) is 55.1 Å². The highest BCUT2D eigenvalue weighted by Crippen LogP contribution is 2.25. The zero-order valence-electron chi connectivity index (χ0n) is 11.3. The molecular formula is C14H15IN2O2. The predicted molar refractivity (Wildman–Crippen MR) is 82.2 cm³/mol. The lowest BCUT2D eigenvalue weighted by atomic mass is 10.1. The highest BCUT2D eigenvalue weighted by molar-refractivity contribution is 14.1. The monoisotopic (exact) mass is 370 g/mol. The van der Waals surface area contributed by atoms with Crippen molar-refractivity contribution >= 4 is 28.6 Å². The number of hydrogen-bond acceptors (Lipinski definition) is 2. The van der Waals surface area contributed by atoms with Gasteiger partial charge in [0.2, 0.25) is 0 Å². The molecule has 0 aliphatic heterocycles. The molecule has 0 saturated carbocycles. The Bertz CT molecular complexity index is 651. The Kier molecular flexibility index (Phi) is 3.66. The van der Waals surface area contributed by atoms with Gasteiger partial charge in [-0.3, -0.25) is 0 Å². The average Bonchev–Trinajstić information content (AvgIpc) is 2.56. The van der Waals surface area contributed by atoms with Crippen LogP contribution in [0.25, 0.3) is 5.69 Å². The largest absolute Gasteiger partial charge is 0.476 e. The summed E-state index contributed by atoms with van der Waals surface area (Å²) in [5.74, 6) is -0.992. The van der Waals surface area contributed by atoms with E-state index in [9.17, 15) is 4.79 Å². The van der Waals surface area contributed by atoms with E-state index in [2.05, 4.69) is 17.2 Å². The van der Waals surface area contributed by atoms with Crippen molar-refractivity contribution in [3.05, 3.63) is 43.8 Å². The smallest absolute Gasteiger partial charge is 0.357 e. The third-order valence-corrected chi connectivity index (χ3v) is 4.38. The number of carbonyl (C=O) groups is 1. The van der Waals surface area contributed by atoms with Gasteiger partial charge in [0.1, 0.15) is 0 Å². The number of benzene rings is 1. The van der Waals surface area contributed by atoms with Gasteiger partial charge in [0.25, 0.3) is 0 Å². The van der Waals surface area contributed by atoms with E-state index in [1.54, 1.807) is 4.68 Å². The third-order valence-electron chi connectivity index (χ3n) is 3.09. The first-order valence-corrected chi connectivity index (χ1v) is 6.97. The first kappa shape index (κ1) is 14.0. The lowest BCUT2D eigenvalue weighted by Gasteiger charge is -2.12. The Morgan fingerprint density at radius 2 is 1.74 bits per heavy atom. The second kappa shape index (κ2) is 4.96. The quantitative estimate of drug-likeness (QED) is 0.825. The highest BCUT2D eigenvalue weighted by Gasteiger charge is 2.20. The molecular weight excluding hydrogens is 355 g/mol. The van der Waals surface area contributed by atoms with Crippen LogP contribution in [-0.2, 0) is 0 Å². The van der Waals surface area contributed by atoms with Crippen LogP contribution in [0.4, 0.5) is 0 Å². The van der Waals surface area contributed by atoms with Gasteiger partial charge in [0.05, 0.1) is 15.0 Å². The number of carboxylic acid groups (broad SMARTS) is 1. The summed E-state index contributed by atoms with van der Waals surface area (Å²) < 4.78 is 2.42. The van der Waals surface area contributed by atoms with Crippen LogP contribution in [0.3, 0.4) is 0 Å². The normalized spacial score (nSPS) is 10.8. The molecule has 19 heavy (non-hydrogen) atoms. The maximum Gasteiger partial charge on any atom is 0.357 e. The fourth-order valence-corrected chi connectivity index (χ4v) is 2.91. The molecule has 1 aromatic heterocycles. The van der Waals surface area contributed by atoms with E-state index in [-0.39, 0.29) is 5.69 Å². The average molecular weight is 370 g/mol. The summed E-state index contributed by atoms with van der Waals surface area (Å²) in [5.41, 5.74) is 5.31. The molecule has 100 valence electrons. The maximum absolute atomic E-state index is 11.2. The zero-order chi connectivity index (χ0) is 14.3. The van der Waals surface area contributed by atoms with E-state index in [1.807, 2.05) is 50.3 Å². The maximum atomic E-state index is 11.2. The minimum Gasteiger partial charge on any atom is -0.476 e. The first-order chi connectivity index (χ1) is 8.82. The molecule has 2 rings (SSSR count). The number of aryl methyl sites for hydroxylation is 3. The van der Waals surface area contributed by atoms with Crippen LogP contribution in [0, 0.1) is 31.3 Å². The Labute approximate surface area is 125 Å². The number of aromatic nitrogens is 2. The number of aromatic carboxylic acids is 1. The Morgan fingerprint density at radius 1 is 1.21 bits per heavy atom. The van der Waals surface area contributed by atoms with Crippen LogP contribution in [0.1, 0.15) is 32.9 Å². The lowest BCUT2D eigenvalue weighted by molar-refractivity contribution is 0.0689. The van der Waals surface area contributed by atoms with E-state index in [0.717, 1.165) is 22.5 Å². The highest BCUT2D eigenvalue weighted by atomic mass is 127. The Morgan fingerprint density at radius 3 is 2.16 bits per heavy atom. The molecule has 0 aliphatic carbocycles. The Hall–Kier alpha value is -1.37. The molecule has 2 aromatic rings. The van der Waals surface area contributed by atoms with Crippen LogP contribution in [0.5, 0.6) is 0 Å². The molecule has 0 saturated heterocycles. The number of nitrogens with zero attached hydrogens (tertiary/aromatic N) is 2. The minimum absolute atomic E-state index is 0.109. The van der Waals surface area contributed by atoms with Gasteiger partial charge in [-0.05, 0) is 61.4 Å². The van der Waals surface area contributed by atoms with Crippen LogP contribution in [0.15, 0.2) is 12.1 Å². The number of halogens is 1. The van der Waals surface area contributed by atoms with Gasteiger partial charge in [-0.2, -0.15) is 5.10 Å². The molecule has 0 atom stereocenters. The van der Waals surface area contributed by atoms with Gasteiger partial charge >= 0.3 is 5.97 Å². The number of carboxylic acids is 1. The summed E-state index contributed by atoms with van der Waals surface area (Å²) in [6.07, 6.45) is 0. The fourth-order valence-electron chi connectivity index (χ4n) is 2.34. The second-order valence-corrected chi connectivity index (χ2v) is 5.79.